The molecule has 0 aromatic heterocycles. The number of anilines is 1. The number of aliphatic imine (C=N–C) groups is 1. The summed E-state index contributed by atoms with van der Waals surface area (Å²) in [4.78, 5) is 21.6. The molecule has 0 radical (unpaired) electrons. The molecule has 2 aliphatic heterocycles. The molecule has 2 saturated heterocycles. The molecule has 3 fully saturated rings. The molecule has 1 aromatic carbocycles. The van der Waals surface area contributed by atoms with Crippen molar-refractivity contribution in [1.29, 1.82) is 0 Å². The van der Waals surface area contributed by atoms with Crippen molar-refractivity contribution >= 4 is 17.6 Å². The topological polar surface area (TPSA) is 69.2 Å². The van der Waals surface area contributed by atoms with Crippen molar-refractivity contribution in [3.05, 3.63) is 29.8 Å². The quantitative estimate of drug-likeness (QED) is 0.558. The van der Waals surface area contributed by atoms with Gasteiger partial charge in [-0.15, -0.1) is 0 Å². The van der Waals surface area contributed by atoms with E-state index in [0.717, 1.165) is 71.2 Å². The average Bonchev–Trinajstić information content (AvgIpc) is 3.31. The van der Waals surface area contributed by atoms with Gasteiger partial charge in [0, 0.05) is 57.4 Å². The van der Waals surface area contributed by atoms with Crippen LogP contribution in [-0.2, 0) is 16.1 Å². The first-order valence-electron chi connectivity index (χ1n) is 11.9. The zero-order valence-corrected chi connectivity index (χ0v) is 18.8. The van der Waals surface area contributed by atoms with Gasteiger partial charge >= 0.3 is 0 Å². The number of hydrogen-bond donors (Lipinski definition) is 2. The van der Waals surface area contributed by atoms with Gasteiger partial charge in [0.05, 0.1) is 13.2 Å². The van der Waals surface area contributed by atoms with Crippen molar-refractivity contribution in [3.8, 4) is 0 Å². The first-order valence-corrected chi connectivity index (χ1v) is 11.9. The van der Waals surface area contributed by atoms with Gasteiger partial charge < -0.3 is 25.2 Å². The molecule has 7 nitrogen and oxygen atoms in total. The van der Waals surface area contributed by atoms with Crippen LogP contribution in [0.15, 0.2) is 29.3 Å². The maximum atomic E-state index is 12.8. The van der Waals surface area contributed by atoms with Gasteiger partial charge in [-0.3, -0.25) is 9.79 Å². The Bertz CT molecular complexity index is 739. The van der Waals surface area contributed by atoms with Crippen LogP contribution in [0.25, 0.3) is 0 Å². The predicted molar refractivity (Wildman–Crippen MR) is 124 cm³/mol. The van der Waals surface area contributed by atoms with Gasteiger partial charge in [-0.25, -0.2) is 0 Å². The summed E-state index contributed by atoms with van der Waals surface area (Å²) >= 11 is 0. The number of likely N-dealkylation sites (tertiary alicyclic amines) is 1. The summed E-state index contributed by atoms with van der Waals surface area (Å²) in [6, 6.07) is 8.98. The van der Waals surface area contributed by atoms with Gasteiger partial charge in [0.1, 0.15) is 0 Å². The summed E-state index contributed by atoms with van der Waals surface area (Å²) in [6.45, 7) is 5.87. The Morgan fingerprint density at radius 2 is 1.81 bits per heavy atom. The Kier molecular flexibility index (Phi) is 7.67. The minimum absolute atomic E-state index is 0.255. The van der Waals surface area contributed by atoms with Gasteiger partial charge in [-0.05, 0) is 37.0 Å². The molecule has 0 bridgehead atoms. The Labute approximate surface area is 186 Å². The van der Waals surface area contributed by atoms with E-state index in [-0.39, 0.29) is 12.0 Å². The number of benzene rings is 1. The van der Waals surface area contributed by atoms with Gasteiger partial charge in [0.25, 0.3) is 0 Å². The summed E-state index contributed by atoms with van der Waals surface area (Å²) in [5, 5.41) is 6.93. The third-order valence-electron chi connectivity index (χ3n) is 6.79. The van der Waals surface area contributed by atoms with Crippen LogP contribution in [0.4, 0.5) is 5.69 Å². The fourth-order valence-corrected chi connectivity index (χ4v) is 4.91. The summed E-state index contributed by atoms with van der Waals surface area (Å²) < 4.78 is 5.43. The van der Waals surface area contributed by atoms with E-state index < -0.39 is 0 Å². The normalized spacial score (nSPS) is 23.1. The number of nitrogens with one attached hydrogen (secondary N) is 2. The molecule has 1 aliphatic carbocycles. The molecule has 1 unspecified atom stereocenters. The minimum atomic E-state index is 0.255. The standard InChI is InChI=1S/C24H37N5O2/c1-25-24(26-17-19-7-9-22(10-8-19)28-13-15-31-16-14-28)27-21-11-12-29(18-21)23(30)20-5-3-2-4-6-20/h7-10,20-21H,2-6,11-18H2,1H3,(H2,25,26,27). The molecular formula is C24H37N5O2. The van der Waals surface area contributed by atoms with E-state index >= 15 is 0 Å². The lowest BCUT2D eigenvalue weighted by molar-refractivity contribution is -0.135. The highest BCUT2D eigenvalue weighted by Crippen LogP contribution is 2.26. The maximum absolute atomic E-state index is 12.8. The van der Waals surface area contributed by atoms with Crippen LogP contribution < -0.4 is 15.5 Å². The Morgan fingerprint density at radius 1 is 1.06 bits per heavy atom. The number of ether oxygens (including phenoxy) is 1. The van der Waals surface area contributed by atoms with Crippen LogP contribution in [0, 0.1) is 5.92 Å². The minimum Gasteiger partial charge on any atom is -0.378 e. The highest BCUT2D eigenvalue weighted by Gasteiger charge is 2.31. The van der Waals surface area contributed by atoms with E-state index in [0.29, 0.717) is 5.91 Å². The first kappa shape index (κ1) is 21.9. The predicted octanol–water partition coefficient (Wildman–Crippen LogP) is 2.37. The second-order valence-corrected chi connectivity index (χ2v) is 8.94. The van der Waals surface area contributed by atoms with E-state index in [2.05, 4.69) is 49.7 Å². The number of amides is 1. The number of carbonyl (C=O) groups is 1. The SMILES string of the molecule is CN=C(NCc1ccc(N2CCOCC2)cc1)NC1CCN(C(=O)C2CCCCC2)C1. The largest absolute Gasteiger partial charge is 0.378 e. The number of hydrogen-bond acceptors (Lipinski definition) is 4. The Balaban J connectivity index is 1.22. The summed E-state index contributed by atoms with van der Waals surface area (Å²) in [7, 11) is 1.80. The van der Waals surface area contributed by atoms with Crippen LogP contribution in [0.2, 0.25) is 0 Å². The highest BCUT2D eigenvalue weighted by molar-refractivity contribution is 5.81. The van der Waals surface area contributed by atoms with Crippen molar-refractivity contribution in [3.63, 3.8) is 0 Å². The molecule has 1 saturated carbocycles. The zero-order chi connectivity index (χ0) is 21.5. The third-order valence-corrected chi connectivity index (χ3v) is 6.79. The third kappa shape index (κ3) is 5.91. The first-order chi connectivity index (χ1) is 15.2. The lowest BCUT2D eigenvalue weighted by Crippen LogP contribution is -2.45. The number of nitrogens with zero attached hydrogens (tertiary/aromatic N) is 3. The molecule has 2 heterocycles. The van der Waals surface area contributed by atoms with E-state index in [1.165, 1.54) is 30.5 Å². The fourth-order valence-electron chi connectivity index (χ4n) is 4.91. The molecule has 0 spiro atoms. The van der Waals surface area contributed by atoms with Crippen molar-refractivity contribution in [2.75, 3.05) is 51.3 Å². The van der Waals surface area contributed by atoms with Gasteiger partial charge in [0.15, 0.2) is 5.96 Å². The monoisotopic (exact) mass is 427 g/mol. The van der Waals surface area contributed by atoms with Crippen LogP contribution in [-0.4, -0.2) is 69.2 Å². The van der Waals surface area contributed by atoms with Crippen molar-refractivity contribution in [2.45, 2.75) is 51.1 Å². The molecule has 7 heteroatoms. The lowest BCUT2D eigenvalue weighted by Gasteiger charge is -2.29. The van der Waals surface area contributed by atoms with Gasteiger partial charge in [0.2, 0.25) is 5.91 Å². The van der Waals surface area contributed by atoms with Gasteiger partial charge in [-0.1, -0.05) is 31.4 Å². The molecule has 1 amide bonds. The van der Waals surface area contributed by atoms with Crippen LogP contribution in [0.3, 0.4) is 0 Å². The van der Waals surface area contributed by atoms with Crippen molar-refractivity contribution in [2.24, 2.45) is 10.9 Å². The number of rotatable bonds is 5. The summed E-state index contributed by atoms with van der Waals surface area (Å²) in [6.07, 6.45) is 6.81. The zero-order valence-electron chi connectivity index (χ0n) is 18.8. The van der Waals surface area contributed by atoms with Crippen molar-refractivity contribution < 1.29 is 9.53 Å². The number of carbonyl (C=O) groups excluding carboxylic acids is 1. The molecule has 2 N–H and O–H groups in total. The highest BCUT2D eigenvalue weighted by atomic mass is 16.5. The summed E-state index contributed by atoms with van der Waals surface area (Å²) in [5.74, 6) is 1.42. The molecule has 170 valence electrons. The molecule has 4 rings (SSSR count). The number of guanidine groups is 1. The lowest BCUT2D eigenvalue weighted by atomic mass is 9.88. The molecular weight excluding hydrogens is 390 g/mol. The number of morpholine rings is 1. The molecule has 1 aromatic rings. The smallest absolute Gasteiger partial charge is 0.225 e. The molecule has 31 heavy (non-hydrogen) atoms. The summed E-state index contributed by atoms with van der Waals surface area (Å²) in [5.41, 5.74) is 2.48. The van der Waals surface area contributed by atoms with E-state index in [4.69, 9.17) is 4.74 Å². The fraction of sp³-hybridized carbons (Fsp3) is 0.667. The van der Waals surface area contributed by atoms with Gasteiger partial charge in [-0.2, -0.15) is 0 Å². The van der Waals surface area contributed by atoms with E-state index in [9.17, 15) is 4.79 Å². The molecule has 3 aliphatic rings. The molecule has 1 atom stereocenters. The van der Waals surface area contributed by atoms with Crippen LogP contribution >= 0.6 is 0 Å². The van der Waals surface area contributed by atoms with Crippen molar-refractivity contribution in [1.82, 2.24) is 15.5 Å². The second-order valence-electron chi connectivity index (χ2n) is 8.94. The average molecular weight is 428 g/mol. The second kappa shape index (κ2) is 10.8. The van der Waals surface area contributed by atoms with E-state index in [1.54, 1.807) is 7.05 Å². The van der Waals surface area contributed by atoms with E-state index in [1.807, 2.05) is 0 Å². The maximum Gasteiger partial charge on any atom is 0.225 e. The van der Waals surface area contributed by atoms with Crippen LogP contribution in [0.5, 0.6) is 0 Å². The van der Waals surface area contributed by atoms with Crippen LogP contribution in [0.1, 0.15) is 44.1 Å². The Hall–Kier alpha value is -2.28. The Morgan fingerprint density at radius 3 is 2.52 bits per heavy atom.